The molecule has 0 N–H and O–H groups in total. The van der Waals surface area contributed by atoms with Crippen molar-refractivity contribution in [2.75, 3.05) is 6.61 Å². The van der Waals surface area contributed by atoms with E-state index in [1.54, 1.807) is 45.0 Å². The Morgan fingerprint density at radius 2 is 1.70 bits per heavy atom. The number of carbonyl (C=O) groups is 1. The second kappa shape index (κ2) is 5.04. The van der Waals surface area contributed by atoms with Crippen molar-refractivity contribution < 1.29 is 9.53 Å². The van der Waals surface area contributed by atoms with Gasteiger partial charge in [-0.2, -0.15) is 0 Å². The van der Waals surface area contributed by atoms with Gasteiger partial charge in [0.05, 0.1) is 17.6 Å². The number of benzene rings is 1. The summed E-state index contributed by atoms with van der Waals surface area (Å²) in [5, 5.41) is 0. The number of hydrogen-bond donors (Lipinski definition) is 0. The van der Waals surface area contributed by atoms with Crippen molar-refractivity contribution in [2.45, 2.75) is 26.2 Å². The zero-order chi connectivity index (χ0) is 14.9. The summed E-state index contributed by atoms with van der Waals surface area (Å²) in [5.74, 6) is -0.169. The molecule has 0 saturated carbocycles. The van der Waals surface area contributed by atoms with E-state index in [2.05, 4.69) is 0 Å². The van der Waals surface area contributed by atoms with Crippen molar-refractivity contribution in [3.63, 3.8) is 0 Å². The summed E-state index contributed by atoms with van der Waals surface area (Å²) in [6.45, 7) is 5.29. The molecule has 0 heterocycles. The van der Waals surface area contributed by atoms with Gasteiger partial charge in [-0.15, -0.1) is 0 Å². The maximum absolute atomic E-state index is 12.5. The highest BCUT2D eigenvalue weighted by atomic mass is 16.5. The molecular weight excluding hydrogens is 256 g/mol. The van der Waals surface area contributed by atoms with Gasteiger partial charge < -0.3 is 4.74 Å². The lowest BCUT2D eigenvalue weighted by atomic mass is 9.75. The summed E-state index contributed by atoms with van der Waals surface area (Å²) >= 11 is 0. The van der Waals surface area contributed by atoms with Crippen LogP contribution in [0.4, 0.5) is 0 Å². The molecule has 4 nitrogen and oxygen atoms in total. The van der Waals surface area contributed by atoms with E-state index in [9.17, 15) is 14.4 Å². The molecule has 4 heteroatoms. The molecule has 0 radical (unpaired) electrons. The van der Waals surface area contributed by atoms with Crippen LogP contribution in [0.15, 0.2) is 39.9 Å². The van der Waals surface area contributed by atoms with Crippen molar-refractivity contribution in [3.8, 4) is 5.75 Å². The second-order valence-electron chi connectivity index (χ2n) is 5.12. The fraction of sp³-hybridized carbons (Fsp3) is 0.312. The van der Waals surface area contributed by atoms with Crippen LogP contribution in [0.3, 0.4) is 0 Å². The van der Waals surface area contributed by atoms with Gasteiger partial charge in [-0.25, -0.2) is 0 Å². The molecule has 104 valence electrons. The monoisotopic (exact) mass is 272 g/mol. The molecule has 0 atom stereocenters. The number of ether oxygens (including phenoxy) is 1. The van der Waals surface area contributed by atoms with E-state index in [-0.39, 0.29) is 23.7 Å². The maximum Gasteiger partial charge on any atom is 0.268 e. The van der Waals surface area contributed by atoms with Crippen LogP contribution in [0.2, 0.25) is 0 Å². The van der Waals surface area contributed by atoms with Crippen LogP contribution in [-0.2, 0) is 5.41 Å². The summed E-state index contributed by atoms with van der Waals surface area (Å²) in [5.41, 5.74) is -1.65. The van der Waals surface area contributed by atoms with Crippen LogP contribution in [0.25, 0.3) is 0 Å². The maximum atomic E-state index is 12.5. The van der Waals surface area contributed by atoms with Gasteiger partial charge in [-0.05, 0) is 20.8 Å². The van der Waals surface area contributed by atoms with Crippen molar-refractivity contribution in [3.05, 3.63) is 61.9 Å². The Hall–Kier alpha value is -2.23. The van der Waals surface area contributed by atoms with Gasteiger partial charge in [-0.1, -0.05) is 30.3 Å². The topological polar surface area (TPSA) is 60.4 Å². The molecule has 0 aliphatic rings. The molecule has 0 spiro atoms. The molecule has 2 aromatic carbocycles. The lowest BCUT2D eigenvalue weighted by Gasteiger charge is -2.26. The Kier molecular flexibility index (Phi) is 3.57. The first kappa shape index (κ1) is 14.2. The van der Waals surface area contributed by atoms with Gasteiger partial charge in [-0.3, -0.25) is 14.4 Å². The Balaban J connectivity index is 2.46. The average molecular weight is 272 g/mol. The summed E-state index contributed by atoms with van der Waals surface area (Å²) < 4.78 is 5.20. The second-order valence-corrected chi connectivity index (χ2v) is 5.12. The smallest absolute Gasteiger partial charge is 0.268 e. The fourth-order valence-corrected chi connectivity index (χ4v) is 2.28. The fourth-order valence-electron chi connectivity index (χ4n) is 2.28. The summed E-state index contributed by atoms with van der Waals surface area (Å²) in [6, 6.07) is 8.71. The van der Waals surface area contributed by atoms with Crippen molar-refractivity contribution in [1.29, 1.82) is 0 Å². The van der Waals surface area contributed by atoms with E-state index in [1.165, 1.54) is 0 Å². The first-order valence-electron chi connectivity index (χ1n) is 6.47. The third-order valence-electron chi connectivity index (χ3n) is 3.38. The predicted molar refractivity (Wildman–Crippen MR) is 76.3 cm³/mol. The molecule has 0 aliphatic heterocycles. The van der Waals surface area contributed by atoms with Crippen LogP contribution in [0, 0.1) is 0 Å². The standard InChI is InChI=1S/C16H16O4/c1-4-20-14-11(12(17)13(14)18)16(2,3)15(19)10-8-6-5-7-9-10/h5-9H,4H2,1-3H3. The predicted octanol–water partition coefficient (Wildman–Crippen LogP) is 1.84. The summed E-state index contributed by atoms with van der Waals surface area (Å²) in [6.07, 6.45) is 0. The molecule has 0 bridgehead atoms. The van der Waals surface area contributed by atoms with E-state index in [0.717, 1.165) is 0 Å². The number of ketones is 1. The van der Waals surface area contributed by atoms with Gasteiger partial charge in [0.1, 0.15) is 0 Å². The molecule has 0 amide bonds. The Morgan fingerprint density at radius 3 is 2.25 bits per heavy atom. The summed E-state index contributed by atoms with van der Waals surface area (Å²) in [4.78, 5) is 35.9. The molecule has 0 unspecified atom stereocenters. The number of rotatable bonds is 5. The quantitative estimate of drug-likeness (QED) is 0.615. The molecule has 0 fully saturated rings. The zero-order valence-corrected chi connectivity index (χ0v) is 11.7. The normalized spacial score (nSPS) is 11.6. The van der Waals surface area contributed by atoms with Crippen molar-refractivity contribution >= 4 is 5.78 Å². The van der Waals surface area contributed by atoms with Gasteiger partial charge in [0.15, 0.2) is 11.5 Å². The first-order valence-corrected chi connectivity index (χ1v) is 6.47. The van der Waals surface area contributed by atoms with Gasteiger partial charge in [0.25, 0.3) is 5.43 Å². The lowest BCUT2D eigenvalue weighted by Crippen LogP contribution is -2.46. The van der Waals surface area contributed by atoms with Crippen LogP contribution in [0.1, 0.15) is 36.7 Å². The molecule has 0 aromatic heterocycles. The van der Waals surface area contributed by atoms with Crippen LogP contribution in [0.5, 0.6) is 5.75 Å². The number of hydrogen-bond acceptors (Lipinski definition) is 4. The Bertz CT molecular complexity index is 704. The Labute approximate surface area is 116 Å². The molecule has 20 heavy (non-hydrogen) atoms. The highest BCUT2D eigenvalue weighted by Gasteiger charge is 2.40. The third-order valence-corrected chi connectivity index (χ3v) is 3.38. The van der Waals surface area contributed by atoms with Gasteiger partial charge >= 0.3 is 0 Å². The Morgan fingerprint density at radius 1 is 1.10 bits per heavy atom. The molecule has 2 aromatic rings. The largest absolute Gasteiger partial charge is 0.489 e. The average Bonchev–Trinajstić information content (AvgIpc) is 2.46. The lowest BCUT2D eigenvalue weighted by molar-refractivity contribution is 0.0903. The van der Waals surface area contributed by atoms with Gasteiger partial charge in [0.2, 0.25) is 5.43 Å². The van der Waals surface area contributed by atoms with E-state index in [0.29, 0.717) is 5.56 Å². The van der Waals surface area contributed by atoms with Crippen molar-refractivity contribution in [2.24, 2.45) is 0 Å². The van der Waals surface area contributed by atoms with Crippen LogP contribution < -0.4 is 15.6 Å². The SMILES string of the molecule is CCOc1c(C(C)(C)C(=O)c2ccccc2)c(=O)c1=O. The third kappa shape index (κ3) is 2.07. The van der Waals surface area contributed by atoms with E-state index < -0.39 is 16.3 Å². The van der Waals surface area contributed by atoms with Crippen LogP contribution in [-0.4, -0.2) is 12.4 Å². The molecule has 0 saturated heterocycles. The highest BCUT2D eigenvalue weighted by Crippen LogP contribution is 2.31. The minimum Gasteiger partial charge on any atom is -0.489 e. The number of carbonyl (C=O) groups excluding carboxylic acids is 1. The summed E-state index contributed by atoms with van der Waals surface area (Å²) in [7, 11) is 0. The van der Waals surface area contributed by atoms with Gasteiger partial charge in [0, 0.05) is 5.56 Å². The van der Waals surface area contributed by atoms with Crippen molar-refractivity contribution in [1.82, 2.24) is 0 Å². The minimum atomic E-state index is -1.07. The molecule has 2 rings (SSSR count). The van der Waals surface area contributed by atoms with E-state index in [4.69, 9.17) is 4.74 Å². The molecular formula is C16H16O4. The van der Waals surface area contributed by atoms with E-state index >= 15 is 0 Å². The minimum absolute atomic E-state index is 0.0341. The molecule has 0 aliphatic carbocycles. The zero-order valence-electron chi connectivity index (χ0n) is 11.7. The van der Waals surface area contributed by atoms with Crippen LogP contribution >= 0.6 is 0 Å². The highest BCUT2D eigenvalue weighted by molar-refractivity contribution is 6.04. The number of Topliss-reactive ketones (excluding diaryl/α,β-unsaturated/α-hetero) is 1. The first-order chi connectivity index (χ1) is 9.41. The van der Waals surface area contributed by atoms with E-state index in [1.807, 2.05) is 6.07 Å².